The summed E-state index contributed by atoms with van der Waals surface area (Å²) in [6, 6.07) is 9.93. The lowest BCUT2D eigenvalue weighted by Crippen LogP contribution is -2.32. The number of aromatic nitrogens is 1. The maximum atomic E-state index is 12.5. The van der Waals surface area contributed by atoms with Crippen molar-refractivity contribution in [1.29, 1.82) is 0 Å². The van der Waals surface area contributed by atoms with Gasteiger partial charge in [0.1, 0.15) is 0 Å². The van der Waals surface area contributed by atoms with Gasteiger partial charge in [0.2, 0.25) is 11.7 Å². The lowest BCUT2D eigenvalue weighted by molar-refractivity contribution is -0.127. The summed E-state index contributed by atoms with van der Waals surface area (Å²) in [5.74, 6) is 0.572. The molecule has 2 amide bonds. The second-order valence-corrected chi connectivity index (χ2v) is 6.88. The molecule has 1 saturated carbocycles. The van der Waals surface area contributed by atoms with Gasteiger partial charge in [0.15, 0.2) is 6.39 Å². The van der Waals surface area contributed by atoms with Gasteiger partial charge in [-0.15, -0.1) is 0 Å². The van der Waals surface area contributed by atoms with Gasteiger partial charge in [-0.25, -0.2) is 4.98 Å². The predicted octanol–water partition coefficient (Wildman–Crippen LogP) is 2.50. The number of oxazole rings is 1. The number of rotatable bonds is 5. The van der Waals surface area contributed by atoms with Crippen LogP contribution in [0, 0.1) is 5.92 Å². The summed E-state index contributed by atoms with van der Waals surface area (Å²) in [4.78, 5) is 30.6. The van der Waals surface area contributed by atoms with Crippen molar-refractivity contribution in [2.45, 2.75) is 31.2 Å². The van der Waals surface area contributed by atoms with Crippen LogP contribution in [0.4, 0.5) is 0 Å². The van der Waals surface area contributed by atoms with Crippen molar-refractivity contribution < 1.29 is 14.0 Å². The second-order valence-electron chi connectivity index (χ2n) is 6.88. The van der Waals surface area contributed by atoms with Crippen molar-refractivity contribution >= 4 is 11.8 Å². The van der Waals surface area contributed by atoms with E-state index in [1.165, 1.54) is 6.39 Å². The summed E-state index contributed by atoms with van der Waals surface area (Å²) in [6.45, 7) is 0.430. The summed E-state index contributed by atoms with van der Waals surface area (Å²) >= 11 is 0. The van der Waals surface area contributed by atoms with E-state index in [4.69, 9.17) is 4.42 Å². The van der Waals surface area contributed by atoms with Crippen molar-refractivity contribution in [3.63, 3.8) is 0 Å². The molecule has 25 heavy (non-hydrogen) atoms. The van der Waals surface area contributed by atoms with Gasteiger partial charge in [-0.2, -0.15) is 0 Å². The lowest BCUT2D eigenvalue weighted by atomic mass is 9.93. The third kappa shape index (κ3) is 3.04. The van der Waals surface area contributed by atoms with Crippen LogP contribution in [0.3, 0.4) is 0 Å². The standard InChI is InChI=1S/C19H21N3O3/c1-22-15(23)9-14(17(22)13-5-3-2-4-6-13)10-20-19(24)18-16(12-7-8-12)21-11-25-18/h2-6,11-12,14,17H,7-10H2,1H3,(H,20,24)/t14-,17-/m0/s1. The Balaban J connectivity index is 1.46. The van der Waals surface area contributed by atoms with E-state index >= 15 is 0 Å². The third-order valence-corrected chi connectivity index (χ3v) is 5.13. The number of amides is 2. The van der Waals surface area contributed by atoms with Crippen molar-refractivity contribution in [1.82, 2.24) is 15.2 Å². The average Bonchev–Trinajstić information content (AvgIpc) is 3.28. The quantitative estimate of drug-likeness (QED) is 0.908. The summed E-state index contributed by atoms with van der Waals surface area (Å²) in [7, 11) is 1.82. The van der Waals surface area contributed by atoms with Crippen LogP contribution in [-0.2, 0) is 4.79 Å². The summed E-state index contributed by atoms with van der Waals surface area (Å²) in [6.07, 6.45) is 3.89. The molecule has 1 aliphatic carbocycles. The molecule has 4 rings (SSSR count). The molecule has 1 N–H and O–H groups in total. The fourth-order valence-corrected chi connectivity index (χ4v) is 3.66. The number of hydrogen-bond donors (Lipinski definition) is 1. The smallest absolute Gasteiger partial charge is 0.289 e. The van der Waals surface area contributed by atoms with Gasteiger partial charge in [-0.1, -0.05) is 30.3 Å². The Morgan fingerprint density at radius 3 is 2.80 bits per heavy atom. The van der Waals surface area contributed by atoms with Crippen LogP contribution in [0.5, 0.6) is 0 Å². The molecule has 2 fully saturated rings. The highest BCUT2D eigenvalue weighted by atomic mass is 16.3. The van der Waals surface area contributed by atoms with Crippen LogP contribution in [0.25, 0.3) is 0 Å². The molecule has 1 aliphatic heterocycles. The van der Waals surface area contributed by atoms with Crippen LogP contribution in [-0.4, -0.2) is 35.3 Å². The molecule has 2 atom stereocenters. The maximum absolute atomic E-state index is 12.5. The molecule has 1 aromatic heterocycles. The molecule has 0 radical (unpaired) electrons. The van der Waals surface area contributed by atoms with Gasteiger partial charge in [-0.05, 0) is 18.4 Å². The molecular formula is C19H21N3O3. The molecule has 0 unspecified atom stereocenters. The Labute approximate surface area is 146 Å². The summed E-state index contributed by atoms with van der Waals surface area (Å²) in [5, 5.41) is 2.94. The molecule has 130 valence electrons. The fraction of sp³-hybridized carbons (Fsp3) is 0.421. The Hall–Kier alpha value is -2.63. The highest BCUT2D eigenvalue weighted by molar-refractivity contribution is 5.92. The van der Waals surface area contributed by atoms with E-state index in [0.29, 0.717) is 24.6 Å². The molecule has 1 saturated heterocycles. The van der Waals surface area contributed by atoms with Crippen LogP contribution in [0.1, 0.15) is 53.0 Å². The average molecular weight is 339 g/mol. The van der Waals surface area contributed by atoms with Gasteiger partial charge >= 0.3 is 0 Å². The third-order valence-electron chi connectivity index (χ3n) is 5.13. The zero-order valence-corrected chi connectivity index (χ0v) is 14.1. The second kappa shape index (κ2) is 6.35. The van der Waals surface area contributed by atoms with Crippen LogP contribution >= 0.6 is 0 Å². The Bertz CT molecular complexity index is 782. The van der Waals surface area contributed by atoms with Crippen molar-refractivity contribution in [2.24, 2.45) is 5.92 Å². The number of benzene rings is 1. The Kier molecular flexibility index (Phi) is 4.03. The first-order chi connectivity index (χ1) is 12.1. The molecule has 0 spiro atoms. The van der Waals surface area contributed by atoms with E-state index in [0.717, 1.165) is 24.1 Å². The topological polar surface area (TPSA) is 75.4 Å². The predicted molar refractivity (Wildman–Crippen MR) is 90.9 cm³/mol. The molecule has 2 heterocycles. The first-order valence-corrected chi connectivity index (χ1v) is 8.67. The minimum absolute atomic E-state index is 0.0216. The van der Waals surface area contributed by atoms with E-state index in [1.54, 1.807) is 4.90 Å². The fourth-order valence-electron chi connectivity index (χ4n) is 3.66. The normalized spacial score (nSPS) is 23.1. The van der Waals surface area contributed by atoms with E-state index < -0.39 is 0 Å². The van der Waals surface area contributed by atoms with E-state index in [1.807, 2.05) is 37.4 Å². The molecule has 6 heteroatoms. The van der Waals surface area contributed by atoms with E-state index in [9.17, 15) is 9.59 Å². The highest BCUT2D eigenvalue weighted by Gasteiger charge is 2.39. The first kappa shape index (κ1) is 15.9. The van der Waals surface area contributed by atoms with Crippen molar-refractivity contribution in [2.75, 3.05) is 13.6 Å². The van der Waals surface area contributed by atoms with Gasteiger partial charge in [-0.3, -0.25) is 9.59 Å². The zero-order valence-electron chi connectivity index (χ0n) is 14.1. The zero-order chi connectivity index (χ0) is 17.4. The van der Waals surface area contributed by atoms with Gasteiger partial charge in [0.05, 0.1) is 11.7 Å². The molecule has 0 bridgehead atoms. The van der Waals surface area contributed by atoms with Crippen molar-refractivity contribution in [3.05, 3.63) is 53.7 Å². The Morgan fingerprint density at radius 2 is 2.08 bits per heavy atom. The SMILES string of the molecule is CN1C(=O)C[C@@H](CNC(=O)c2ocnc2C2CC2)[C@@H]1c1ccccc1. The number of carbonyl (C=O) groups excluding carboxylic acids is 2. The van der Waals surface area contributed by atoms with Crippen LogP contribution in [0.15, 0.2) is 41.1 Å². The van der Waals surface area contributed by atoms with Gasteiger partial charge < -0.3 is 14.6 Å². The molecule has 6 nitrogen and oxygen atoms in total. The first-order valence-electron chi connectivity index (χ1n) is 8.67. The van der Waals surface area contributed by atoms with Crippen molar-refractivity contribution in [3.8, 4) is 0 Å². The molecule has 2 aliphatic rings. The molecule has 2 aromatic rings. The lowest BCUT2D eigenvalue weighted by Gasteiger charge is -2.25. The maximum Gasteiger partial charge on any atom is 0.289 e. The van der Waals surface area contributed by atoms with Crippen LogP contribution < -0.4 is 5.32 Å². The number of hydrogen-bond acceptors (Lipinski definition) is 4. The van der Waals surface area contributed by atoms with E-state index in [2.05, 4.69) is 10.3 Å². The van der Waals surface area contributed by atoms with Crippen LogP contribution in [0.2, 0.25) is 0 Å². The minimum atomic E-state index is -0.242. The number of nitrogens with zero attached hydrogens (tertiary/aromatic N) is 2. The van der Waals surface area contributed by atoms with Gasteiger partial charge in [0, 0.05) is 31.8 Å². The molecular weight excluding hydrogens is 318 g/mol. The minimum Gasteiger partial charge on any atom is -0.438 e. The number of nitrogens with one attached hydrogen (secondary N) is 1. The number of likely N-dealkylation sites (tertiary alicyclic amines) is 1. The highest BCUT2D eigenvalue weighted by Crippen LogP contribution is 2.41. The van der Waals surface area contributed by atoms with Gasteiger partial charge in [0.25, 0.3) is 5.91 Å². The molecule has 1 aromatic carbocycles. The Morgan fingerprint density at radius 1 is 1.32 bits per heavy atom. The largest absolute Gasteiger partial charge is 0.438 e. The van der Waals surface area contributed by atoms with E-state index in [-0.39, 0.29) is 23.8 Å². The summed E-state index contributed by atoms with van der Waals surface area (Å²) < 4.78 is 5.30. The monoisotopic (exact) mass is 339 g/mol. The number of carbonyl (C=O) groups is 2. The summed E-state index contributed by atoms with van der Waals surface area (Å²) in [5.41, 5.74) is 1.85.